The number of hydrogen-bond donors (Lipinski definition) is 0. The van der Waals surface area contributed by atoms with Crippen molar-refractivity contribution in [2.75, 3.05) is 6.79 Å². The molecule has 1 aromatic heterocycles. The molecule has 8 nitrogen and oxygen atoms in total. The smallest absolute Gasteiger partial charge is 0.332 e. The molecule has 0 radical (unpaired) electrons. The van der Waals surface area contributed by atoms with Gasteiger partial charge in [0.15, 0.2) is 17.3 Å². The van der Waals surface area contributed by atoms with Crippen molar-refractivity contribution in [2.45, 2.75) is 5.92 Å². The van der Waals surface area contributed by atoms with Crippen LogP contribution in [-0.2, 0) is 14.1 Å². The number of aliphatic imine (C=N–C) groups is 1. The lowest BCUT2D eigenvalue weighted by Gasteiger charge is -2.30. The largest absolute Gasteiger partial charge is 0.454 e. The van der Waals surface area contributed by atoms with Crippen molar-refractivity contribution in [3.05, 3.63) is 85.6 Å². The summed E-state index contributed by atoms with van der Waals surface area (Å²) in [6, 6.07) is 12.7. The van der Waals surface area contributed by atoms with E-state index in [0.717, 1.165) is 15.7 Å². The number of benzene rings is 2. The van der Waals surface area contributed by atoms with E-state index in [4.69, 9.17) is 14.5 Å². The average Bonchev–Trinajstić information content (AvgIpc) is 3.37. The third-order valence-electron chi connectivity index (χ3n) is 6.34. The van der Waals surface area contributed by atoms with Crippen LogP contribution in [0.3, 0.4) is 0 Å². The van der Waals surface area contributed by atoms with Gasteiger partial charge in [-0.2, -0.15) is 0 Å². The summed E-state index contributed by atoms with van der Waals surface area (Å²) in [6.07, 6.45) is 0. The monoisotopic (exact) mass is 415 g/mol. The highest BCUT2D eigenvalue weighted by molar-refractivity contribution is 6.30. The summed E-state index contributed by atoms with van der Waals surface area (Å²) in [5, 5.41) is 0. The number of ether oxygens (including phenoxy) is 2. The molecule has 0 saturated heterocycles. The van der Waals surface area contributed by atoms with Crippen molar-refractivity contribution < 1.29 is 14.3 Å². The second-order valence-electron chi connectivity index (χ2n) is 7.92. The third-order valence-corrected chi connectivity index (χ3v) is 6.34. The molecule has 0 bridgehead atoms. The molecule has 3 aromatic rings. The highest BCUT2D eigenvalue weighted by Gasteiger charge is 2.48. The van der Waals surface area contributed by atoms with Crippen molar-refractivity contribution in [3.63, 3.8) is 0 Å². The van der Waals surface area contributed by atoms with E-state index in [0.29, 0.717) is 28.3 Å². The Kier molecular flexibility index (Phi) is 3.48. The minimum Gasteiger partial charge on any atom is -0.454 e. The van der Waals surface area contributed by atoms with E-state index in [1.54, 1.807) is 25.2 Å². The van der Waals surface area contributed by atoms with Crippen LogP contribution < -0.4 is 20.7 Å². The molecule has 31 heavy (non-hydrogen) atoms. The normalized spacial score (nSPS) is 20.2. The van der Waals surface area contributed by atoms with Crippen molar-refractivity contribution in [2.24, 2.45) is 25.0 Å². The average molecular weight is 415 g/mol. The molecule has 0 N–H and O–H groups in total. The highest BCUT2D eigenvalue weighted by atomic mass is 16.7. The molecule has 0 fully saturated rings. The lowest BCUT2D eigenvalue weighted by Crippen LogP contribution is -2.43. The summed E-state index contributed by atoms with van der Waals surface area (Å²) in [6.45, 7) is 0.122. The Labute approximate surface area is 176 Å². The molecule has 2 aliphatic heterocycles. The fourth-order valence-electron chi connectivity index (χ4n) is 4.83. The number of hydrogen-bond acceptors (Lipinski definition) is 6. The van der Waals surface area contributed by atoms with E-state index in [-0.39, 0.29) is 18.4 Å². The lowest BCUT2D eigenvalue weighted by molar-refractivity contribution is 0.0953. The van der Waals surface area contributed by atoms with Crippen LogP contribution in [-0.4, -0.2) is 27.4 Å². The van der Waals surface area contributed by atoms with Crippen LogP contribution in [0.4, 0.5) is 5.82 Å². The molecule has 0 amide bonds. The molecule has 3 aliphatic rings. The van der Waals surface area contributed by atoms with Crippen LogP contribution in [0.2, 0.25) is 0 Å². The van der Waals surface area contributed by atoms with Gasteiger partial charge in [0, 0.05) is 31.1 Å². The van der Waals surface area contributed by atoms with Crippen molar-refractivity contribution in [1.29, 1.82) is 0 Å². The molecule has 2 atom stereocenters. The van der Waals surface area contributed by atoms with Gasteiger partial charge >= 0.3 is 5.69 Å². The van der Waals surface area contributed by atoms with Gasteiger partial charge in [-0.1, -0.05) is 30.3 Å². The summed E-state index contributed by atoms with van der Waals surface area (Å²) in [5.41, 5.74) is 2.05. The van der Waals surface area contributed by atoms with Crippen LogP contribution in [0.15, 0.2) is 57.0 Å². The lowest BCUT2D eigenvalue weighted by atomic mass is 9.76. The first-order valence-corrected chi connectivity index (χ1v) is 9.89. The standard InChI is InChI=1S/C23H17N3O5/c1-25-21-18(22(28)26(2)23(25)29)16(11-7-8-14-15(9-11)31-10-30-14)17-19(24-21)12-5-3-4-6-13(12)20(17)27/h3-9,16-17H,10H2,1-2H3/t16-,17-/m0/s1. The Hall–Kier alpha value is -3.94. The quantitative estimate of drug-likeness (QED) is 0.605. The van der Waals surface area contributed by atoms with Gasteiger partial charge in [-0.25, -0.2) is 9.79 Å². The summed E-state index contributed by atoms with van der Waals surface area (Å²) in [5.74, 6) is 0.110. The van der Waals surface area contributed by atoms with Gasteiger partial charge in [0.2, 0.25) is 6.79 Å². The van der Waals surface area contributed by atoms with E-state index < -0.39 is 23.1 Å². The molecular formula is C23H17N3O5. The van der Waals surface area contributed by atoms with E-state index in [1.807, 2.05) is 24.3 Å². The number of ketones is 1. The zero-order chi connectivity index (χ0) is 21.4. The maximum atomic E-state index is 13.5. The van der Waals surface area contributed by atoms with Crippen molar-refractivity contribution in [3.8, 4) is 11.5 Å². The van der Waals surface area contributed by atoms with Gasteiger partial charge in [-0.05, 0) is 17.7 Å². The topological polar surface area (TPSA) is 91.9 Å². The van der Waals surface area contributed by atoms with Crippen molar-refractivity contribution in [1.82, 2.24) is 9.13 Å². The Balaban J connectivity index is 1.70. The summed E-state index contributed by atoms with van der Waals surface area (Å²) < 4.78 is 13.4. The zero-order valence-corrected chi connectivity index (χ0v) is 16.8. The summed E-state index contributed by atoms with van der Waals surface area (Å²) in [4.78, 5) is 44.1. The van der Waals surface area contributed by atoms with E-state index in [1.165, 1.54) is 11.6 Å². The molecule has 1 aliphatic carbocycles. The van der Waals surface area contributed by atoms with E-state index in [9.17, 15) is 14.4 Å². The SMILES string of the molecule is Cn1c2c(c(=O)n(C)c1=O)[C@@H](c1ccc3c(c1)OCO3)[C@@H]1C(=O)c3ccccc3C1=N2. The molecule has 2 aromatic carbocycles. The first-order chi connectivity index (χ1) is 15.0. The van der Waals surface area contributed by atoms with Gasteiger partial charge in [0.05, 0.1) is 17.2 Å². The maximum Gasteiger partial charge on any atom is 0.332 e. The maximum absolute atomic E-state index is 13.5. The molecular weight excluding hydrogens is 398 g/mol. The number of aromatic nitrogens is 2. The zero-order valence-electron chi connectivity index (χ0n) is 16.8. The van der Waals surface area contributed by atoms with E-state index >= 15 is 0 Å². The van der Waals surface area contributed by atoms with Gasteiger partial charge in [-0.3, -0.25) is 18.7 Å². The molecule has 6 rings (SSSR count). The van der Waals surface area contributed by atoms with Gasteiger partial charge in [0.1, 0.15) is 5.82 Å². The molecule has 154 valence electrons. The Morgan fingerprint density at radius 3 is 2.45 bits per heavy atom. The Morgan fingerprint density at radius 1 is 0.903 bits per heavy atom. The van der Waals surface area contributed by atoms with Crippen molar-refractivity contribution >= 4 is 17.3 Å². The Bertz CT molecular complexity index is 1460. The summed E-state index contributed by atoms with van der Waals surface area (Å²) >= 11 is 0. The van der Waals surface area contributed by atoms with Crippen LogP contribution in [0.25, 0.3) is 0 Å². The molecule has 8 heteroatoms. The molecule has 0 spiro atoms. The minimum atomic E-state index is -0.657. The number of carbonyl (C=O) groups excluding carboxylic acids is 1. The number of Topliss-reactive ketones (excluding diaryl/α,β-unsaturated/α-hetero) is 1. The molecule has 0 saturated carbocycles. The predicted molar refractivity (Wildman–Crippen MR) is 112 cm³/mol. The minimum absolute atomic E-state index is 0.0847. The van der Waals surface area contributed by atoms with Gasteiger partial charge < -0.3 is 9.47 Å². The molecule has 0 unspecified atom stereocenters. The second kappa shape index (κ2) is 6.04. The fraction of sp³-hybridized carbons (Fsp3) is 0.217. The van der Waals surface area contributed by atoms with Crippen LogP contribution >= 0.6 is 0 Å². The summed E-state index contributed by atoms with van der Waals surface area (Å²) in [7, 11) is 3.02. The Morgan fingerprint density at radius 2 is 1.65 bits per heavy atom. The van der Waals surface area contributed by atoms with Gasteiger partial charge in [-0.15, -0.1) is 0 Å². The van der Waals surface area contributed by atoms with E-state index in [2.05, 4.69) is 0 Å². The number of fused-ring (bicyclic) bond motifs is 5. The number of rotatable bonds is 1. The number of carbonyl (C=O) groups is 1. The first-order valence-electron chi connectivity index (χ1n) is 9.89. The first kappa shape index (κ1) is 17.9. The third kappa shape index (κ3) is 2.24. The van der Waals surface area contributed by atoms with Gasteiger partial charge in [0.25, 0.3) is 5.56 Å². The predicted octanol–water partition coefficient (Wildman–Crippen LogP) is 1.89. The van der Waals surface area contributed by atoms with Crippen LogP contribution in [0.1, 0.15) is 33.0 Å². The van der Waals surface area contributed by atoms with Crippen LogP contribution in [0.5, 0.6) is 11.5 Å². The molecule has 3 heterocycles. The highest BCUT2D eigenvalue weighted by Crippen LogP contribution is 2.48. The fourth-order valence-corrected chi connectivity index (χ4v) is 4.83. The number of nitrogens with zero attached hydrogens (tertiary/aromatic N) is 3. The second-order valence-corrected chi connectivity index (χ2v) is 7.92. The van der Waals surface area contributed by atoms with Crippen LogP contribution in [0, 0.1) is 5.92 Å².